The van der Waals surface area contributed by atoms with Crippen LogP contribution in [-0.2, 0) is 4.74 Å². The Hall–Kier alpha value is -0.350. The molecular formula is C12H24N2OS. The molecule has 1 aliphatic rings. The molecule has 0 aromatic heterocycles. The lowest BCUT2D eigenvalue weighted by atomic mass is 9.89. The Morgan fingerprint density at radius 3 is 2.62 bits per heavy atom. The zero-order valence-electron chi connectivity index (χ0n) is 10.6. The summed E-state index contributed by atoms with van der Waals surface area (Å²) in [6, 6.07) is 0.265. The maximum atomic E-state index is 5.25. The van der Waals surface area contributed by atoms with E-state index in [9.17, 15) is 0 Å². The molecule has 1 rings (SSSR count). The van der Waals surface area contributed by atoms with Crippen LogP contribution in [0.25, 0.3) is 0 Å². The highest BCUT2D eigenvalue weighted by atomic mass is 32.1. The first-order chi connectivity index (χ1) is 7.56. The van der Waals surface area contributed by atoms with Crippen molar-refractivity contribution in [2.24, 2.45) is 5.41 Å². The van der Waals surface area contributed by atoms with Gasteiger partial charge in [-0.3, -0.25) is 0 Å². The lowest BCUT2D eigenvalue weighted by molar-refractivity contribution is 0.179. The maximum absolute atomic E-state index is 5.25. The van der Waals surface area contributed by atoms with E-state index in [4.69, 9.17) is 17.0 Å². The number of hydrogen-bond acceptors (Lipinski definition) is 2. The van der Waals surface area contributed by atoms with Crippen LogP contribution < -0.4 is 10.6 Å². The summed E-state index contributed by atoms with van der Waals surface area (Å²) in [5, 5.41) is 7.28. The molecule has 1 unspecified atom stereocenters. The van der Waals surface area contributed by atoms with Gasteiger partial charge in [0.25, 0.3) is 0 Å². The first-order valence-electron chi connectivity index (χ1n) is 6.09. The molecule has 3 nitrogen and oxygen atoms in total. The van der Waals surface area contributed by atoms with Gasteiger partial charge in [-0.05, 0) is 37.4 Å². The van der Waals surface area contributed by atoms with Crippen LogP contribution in [0.15, 0.2) is 0 Å². The molecule has 0 heterocycles. The minimum absolute atomic E-state index is 0.265. The summed E-state index contributed by atoms with van der Waals surface area (Å²) in [5.74, 6) is 0. The molecule has 1 atom stereocenters. The number of nitrogens with one attached hydrogen (secondary N) is 2. The highest BCUT2D eigenvalue weighted by Gasteiger charge is 2.28. The molecule has 1 saturated carbocycles. The monoisotopic (exact) mass is 244 g/mol. The predicted molar refractivity (Wildman–Crippen MR) is 71.6 cm³/mol. The van der Waals surface area contributed by atoms with E-state index in [1.165, 1.54) is 25.7 Å². The van der Waals surface area contributed by atoms with Crippen LogP contribution in [0.5, 0.6) is 0 Å². The van der Waals surface area contributed by atoms with E-state index < -0.39 is 0 Å². The quantitative estimate of drug-likeness (QED) is 0.725. The van der Waals surface area contributed by atoms with E-state index in [-0.39, 0.29) is 6.04 Å². The van der Waals surface area contributed by atoms with Gasteiger partial charge in [0.15, 0.2) is 5.11 Å². The number of thiocarbonyl (C=S) groups is 1. The topological polar surface area (TPSA) is 33.3 Å². The van der Waals surface area contributed by atoms with Crippen molar-refractivity contribution in [1.29, 1.82) is 0 Å². The molecule has 4 heteroatoms. The summed E-state index contributed by atoms with van der Waals surface area (Å²) in [5.41, 5.74) is 0.441. The molecular weight excluding hydrogens is 220 g/mol. The van der Waals surface area contributed by atoms with Crippen molar-refractivity contribution >= 4 is 17.3 Å². The van der Waals surface area contributed by atoms with Gasteiger partial charge < -0.3 is 15.4 Å². The van der Waals surface area contributed by atoms with Gasteiger partial charge in [0.05, 0.1) is 6.61 Å². The fraction of sp³-hybridized carbons (Fsp3) is 0.917. The van der Waals surface area contributed by atoms with E-state index in [0.717, 1.165) is 11.7 Å². The predicted octanol–water partition coefficient (Wildman–Crippen LogP) is 2.07. The minimum Gasteiger partial charge on any atom is -0.383 e. The van der Waals surface area contributed by atoms with Crippen LogP contribution in [0.1, 0.15) is 39.5 Å². The smallest absolute Gasteiger partial charge is 0.166 e. The van der Waals surface area contributed by atoms with Gasteiger partial charge in [-0.25, -0.2) is 0 Å². The van der Waals surface area contributed by atoms with E-state index in [0.29, 0.717) is 12.0 Å². The van der Waals surface area contributed by atoms with Crippen LogP contribution in [0.2, 0.25) is 0 Å². The first-order valence-corrected chi connectivity index (χ1v) is 6.50. The van der Waals surface area contributed by atoms with Gasteiger partial charge in [0, 0.05) is 19.7 Å². The van der Waals surface area contributed by atoms with Crippen molar-refractivity contribution in [2.45, 2.75) is 45.6 Å². The Bertz CT molecular complexity index is 227. The third-order valence-corrected chi connectivity index (χ3v) is 3.54. The summed E-state index contributed by atoms with van der Waals surface area (Å²) in [7, 11) is 1.70. The second-order valence-electron chi connectivity index (χ2n) is 5.20. The van der Waals surface area contributed by atoms with Gasteiger partial charge in [-0.1, -0.05) is 19.8 Å². The van der Waals surface area contributed by atoms with Crippen LogP contribution in [0, 0.1) is 5.41 Å². The zero-order valence-corrected chi connectivity index (χ0v) is 11.5. The van der Waals surface area contributed by atoms with E-state index >= 15 is 0 Å². The summed E-state index contributed by atoms with van der Waals surface area (Å²) in [6.45, 7) is 6.07. The molecule has 0 bridgehead atoms. The highest BCUT2D eigenvalue weighted by Crippen LogP contribution is 2.36. The summed E-state index contributed by atoms with van der Waals surface area (Å²) < 4.78 is 5.05. The third kappa shape index (κ3) is 4.66. The Balaban J connectivity index is 2.19. The van der Waals surface area contributed by atoms with Crippen molar-refractivity contribution in [2.75, 3.05) is 20.3 Å². The van der Waals surface area contributed by atoms with Crippen LogP contribution >= 0.6 is 12.2 Å². The normalized spacial score (nSPS) is 20.4. The Labute approximate surface area is 104 Å². The van der Waals surface area contributed by atoms with E-state index in [1.54, 1.807) is 7.11 Å². The zero-order chi connectivity index (χ0) is 12.0. The Kier molecular flexibility index (Phi) is 5.49. The molecule has 0 aromatic carbocycles. The van der Waals surface area contributed by atoms with Crippen molar-refractivity contribution in [1.82, 2.24) is 10.6 Å². The largest absolute Gasteiger partial charge is 0.383 e. The second kappa shape index (κ2) is 6.40. The van der Waals surface area contributed by atoms with Gasteiger partial charge in [0.1, 0.15) is 0 Å². The van der Waals surface area contributed by atoms with Crippen LogP contribution in [0.3, 0.4) is 0 Å². The molecule has 0 aliphatic heterocycles. The Morgan fingerprint density at radius 2 is 2.06 bits per heavy atom. The molecule has 0 spiro atoms. The van der Waals surface area contributed by atoms with Crippen LogP contribution in [-0.4, -0.2) is 31.4 Å². The molecule has 1 aliphatic carbocycles. The third-order valence-electron chi connectivity index (χ3n) is 3.28. The standard InChI is InChI=1S/C12H24N2OS/c1-10(8-15-3)14-11(16)13-9-12(2)6-4-5-7-12/h10H,4-9H2,1-3H3,(H2,13,14,16). The summed E-state index contributed by atoms with van der Waals surface area (Å²) >= 11 is 5.25. The van der Waals surface area contributed by atoms with Crippen molar-refractivity contribution in [3.8, 4) is 0 Å². The minimum atomic E-state index is 0.265. The average molecular weight is 244 g/mol. The van der Waals surface area contributed by atoms with Gasteiger partial charge in [0.2, 0.25) is 0 Å². The SMILES string of the molecule is COCC(C)NC(=S)NCC1(C)CCCC1. The molecule has 94 valence electrons. The Morgan fingerprint density at radius 1 is 1.44 bits per heavy atom. The van der Waals surface area contributed by atoms with Crippen molar-refractivity contribution in [3.05, 3.63) is 0 Å². The second-order valence-corrected chi connectivity index (χ2v) is 5.61. The molecule has 0 saturated heterocycles. The van der Waals surface area contributed by atoms with E-state index in [1.807, 2.05) is 0 Å². The molecule has 2 N–H and O–H groups in total. The fourth-order valence-electron chi connectivity index (χ4n) is 2.27. The number of methoxy groups -OCH3 is 1. The number of ether oxygens (including phenoxy) is 1. The van der Waals surface area contributed by atoms with Crippen molar-refractivity contribution in [3.63, 3.8) is 0 Å². The lowest BCUT2D eigenvalue weighted by Crippen LogP contribution is -2.45. The number of hydrogen-bond donors (Lipinski definition) is 2. The van der Waals surface area contributed by atoms with E-state index in [2.05, 4.69) is 24.5 Å². The number of rotatable bonds is 5. The van der Waals surface area contributed by atoms with Gasteiger partial charge in [-0.2, -0.15) is 0 Å². The average Bonchev–Trinajstić information content (AvgIpc) is 2.63. The lowest BCUT2D eigenvalue weighted by Gasteiger charge is -2.25. The van der Waals surface area contributed by atoms with Crippen molar-refractivity contribution < 1.29 is 4.74 Å². The molecule has 1 fully saturated rings. The molecule has 0 aromatic rings. The molecule has 0 radical (unpaired) electrons. The first kappa shape index (κ1) is 13.7. The molecule has 16 heavy (non-hydrogen) atoms. The summed E-state index contributed by atoms with van der Waals surface area (Å²) in [4.78, 5) is 0. The highest BCUT2D eigenvalue weighted by molar-refractivity contribution is 7.80. The maximum Gasteiger partial charge on any atom is 0.166 e. The summed E-state index contributed by atoms with van der Waals surface area (Å²) in [6.07, 6.45) is 5.35. The van der Waals surface area contributed by atoms with Gasteiger partial charge >= 0.3 is 0 Å². The van der Waals surface area contributed by atoms with Gasteiger partial charge in [-0.15, -0.1) is 0 Å². The molecule has 0 amide bonds. The van der Waals surface area contributed by atoms with Crippen LogP contribution in [0.4, 0.5) is 0 Å². The fourth-order valence-corrected chi connectivity index (χ4v) is 2.54.